The first-order chi connectivity index (χ1) is 33.2. The van der Waals surface area contributed by atoms with Crippen LogP contribution in [-0.2, 0) is 12.8 Å². The zero-order valence-corrected chi connectivity index (χ0v) is 44.5. The van der Waals surface area contributed by atoms with Crippen LogP contribution < -0.4 is 0 Å². The lowest BCUT2D eigenvalue weighted by Gasteiger charge is -2.14. The van der Waals surface area contributed by atoms with Gasteiger partial charge >= 0.3 is 0 Å². The Kier molecular flexibility index (Phi) is 35.0. The van der Waals surface area contributed by atoms with Gasteiger partial charge in [-0.05, 0) is 68.2 Å². The van der Waals surface area contributed by atoms with E-state index in [-0.39, 0.29) is 0 Å². The maximum Gasteiger partial charge on any atom is 0.211 e. The molecule has 0 aliphatic carbocycles. The molecule has 1 heterocycles. The number of rotatable bonds is 41. The summed E-state index contributed by atoms with van der Waals surface area (Å²) in [7, 11) is 0. The van der Waals surface area contributed by atoms with Crippen LogP contribution in [0.3, 0.4) is 0 Å². The van der Waals surface area contributed by atoms with E-state index in [1.807, 2.05) is 0 Å². The summed E-state index contributed by atoms with van der Waals surface area (Å²) in [4.78, 5) is 0. The number of allylic oxidation sites excluding steroid dienone is 2. The third-order valence-electron chi connectivity index (χ3n) is 14.4. The third kappa shape index (κ3) is 25.2. The minimum atomic E-state index is 0.850. The normalized spacial score (nSPS) is 12.5. The molecule has 0 unspecified atom stereocenters. The molecule has 2 aromatic carbocycles. The molecule has 2 aromatic rings. The van der Waals surface area contributed by atoms with Gasteiger partial charge in [0.1, 0.15) is 0 Å². The fraction of sp³-hybridized carbons (Fsp3) is 0.692. The molecular weight excluding hydrogens is 809 g/mol. The second-order valence-corrected chi connectivity index (χ2v) is 20.2. The van der Waals surface area contributed by atoms with Crippen LogP contribution in [0.2, 0.25) is 0 Å². The number of hydrogen-bond donors (Lipinski definition) is 0. The largest absolute Gasteiger partial charge is 0.493 e. The molecule has 0 N–H and O–H groups in total. The summed E-state index contributed by atoms with van der Waals surface area (Å²) in [5.74, 6) is 14.1. The van der Waals surface area contributed by atoms with Gasteiger partial charge in [0.15, 0.2) is 0 Å². The monoisotopic (exact) mass is 911 g/mol. The summed E-state index contributed by atoms with van der Waals surface area (Å²) < 4.78 is 1.57. The van der Waals surface area contributed by atoms with Crippen molar-refractivity contribution in [3.63, 3.8) is 0 Å². The molecular formula is C65H102N2. The predicted molar refractivity (Wildman–Crippen MR) is 296 cm³/mol. The van der Waals surface area contributed by atoms with Gasteiger partial charge in [-0.15, -0.1) is 23.7 Å². The molecule has 1 aliphatic heterocycles. The molecule has 0 saturated carbocycles. The molecule has 1 aliphatic rings. The van der Waals surface area contributed by atoms with E-state index in [1.54, 1.807) is 4.70 Å². The van der Waals surface area contributed by atoms with Crippen LogP contribution in [0.25, 0.3) is 16.9 Å². The second-order valence-electron chi connectivity index (χ2n) is 20.2. The summed E-state index contributed by atoms with van der Waals surface area (Å²) in [5.41, 5.74) is 21.8. The zero-order valence-electron chi connectivity index (χ0n) is 44.5. The van der Waals surface area contributed by atoms with E-state index in [9.17, 15) is 5.53 Å². The first-order valence-electron chi connectivity index (χ1n) is 29.2. The van der Waals surface area contributed by atoms with E-state index >= 15 is 0 Å². The van der Waals surface area contributed by atoms with E-state index < -0.39 is 0 Å². The van der Waals surface area contributed by atoms with Crippen molar-refractivity contribution < 1.29 is 4.70 Å². The van der Waals surface area contributed by atoms with Gasteiger partial charge in [0.25, 0.3) is 0 Å². The van der Waals surface area contributed by atoms with Gasteiger partial charge in [-0.2, -0.15) is 0 Å². The lowest BCUT2D eigenvalue weighted by Crippen LogP contribution is -2.06. The molecule has 0 fully saturated rings. The molecule has 2 heteroatoms. The highest BCUT2D eigenvalue weighted by Gasteiger charge is 2.36. The quantitative estimate of drug-likeness (QED) is 0.0361. The van der Waals surface area contributed by atoms with Crippen molar-refractivity contribution in [2.75, 3.05) is 0 Å². The van der Waals surface area contributed by atoms with E-state index in [0.29, 0.717) is 0 Å². The van der Waals surface area contributed by atoms with Gasteiger partial charge in [-0.25, -0.2) is 4.70 Å². The molecule has 0 saturated heterocycles. The minimum absolute atomic E-state index is 0.850. The number of benzene rings is 2. The maximum absolute atomic E-state index is 12.4. The number of hydrogen-bond acceptors (Lipinski definition) is 0. The Morgan fingerprint density at radius 3 is 0.985 bits per heavy atom. The van der Waals surface area contributed by atoms with Crippen molar-refractivity contribution in [2.45, 2.75) is 291 Å². The lowest BCUT2D eigenvalue weighted by molar-refractivity contribution is -0.345. The molecule has 3 rings (SSSR count). The average molecular weight is 912 g/mol. The van der Waals surface area contributed by atoms with Gasteiger partial charge in [0, 0.05) is 48.0 Å². The smallest absolute Gasteiger partial charge is 0.211 e. The molecule has 0 amide bonds. The van der Waals surface area contributed by atoms with Crippen LogP contribution in [0.1, 0.15) is 300 Å². The molecule has 2 nitrogen and oxygen atoms in total. The summed E-state index contributed by atoms with van der Waals surface area (Å²) in [6.07, 6.45) is 52.7. The highest BCUT2D eigenvalue weighted by atomic mass is 15.2. The Bertz CT molecular complexity index is 1770. The van der Waals surface area contributed by atoms with Crippen LogP contribution in [0, 0.1) is 23.7 Å². The van der Waals surface area contributed by atoms with Gasteiger partial charge in [0.05, 0.1) is 0 Å². The Morgan fingerprint density at radius 2 is 0.627 bits per heavy atom. The fourth-order valence-corrected chi connectivity index (χ4v) is 10.3. The van der Waals surface area contributed by atoms with E-state index in [4.69, 9.17) is 0 Å². The van der Waals surface area contributed by atoms with Crippen molar-refractivity contribution in [3.8, 4) is 23.7 Å². The number of nitrogens with zero attached hydrogens (tertiary/aromatic N) is 2. The average Bonchev–Trinajstić information content (AvgIpc) is 3.63. The summed E-state index contributed by atoms with van der Waals surface area (Å²) >= 11 is 0. The summed E-state index contributed by atoms with van der Waals surface area (Å²) in [5, 5.41) is 0. The summed E-state index contributed by atoms with van der Waals surface area (Å²) in [6.45, 7) is 9.14. The molecule has 0 radical (unpaired) electrons. The Labute approximate surface area is 416 Å². The highest BCUT2D eigenvalue weighted by Crippen LogP contribution is 2.45. The van der Waals surface area contributed by atoms with Crippen LogP contribution in [-0.4, -0.2) is 4.70 Å². The third-order valence-corrected chi connectivity index (χ3v) is 14.4. The molecule has 0 spiro atoms. The topological polar surface area (TPSA) is 25.3 Å². The maximum atomic E-state index is 12.4. The fourth-order valence-electron chi connectivity index (χ4n) is 10.3. The minimum Gasteiger partial charge on any atom is -0.493 e. The summed E-state index contributed by atoms with van der Waals surface area (Å²) in [6, 6.07) is 17.5. The molecule has 67 heavy (non-hydrogen) atoms. The molecule has 372 valence electrons. The predicted octanol–water partition coefficient (Wildman–Crippen LogP) is 21.2. The standard InChI is InChI=1S/C65H102N2/c1-5-9-12-14-16-18-20-22-24-26-28-30-32-34-36-38-40-42-45-51-58-53-47-49-55-61(58)64-60(8-4)63(57-44-11-7-3)65(67(64)66)62-56-50-48-54-59(62)52-46-43-41-39-37-35-33-31-29-27-25-23-21-19-17-15-13-10-6-2/h47-50,53-56H,5-39,44-46,51-52,57H2,1-4H3. The Hall–Kier alpha value is -3.36. The lowest BCUT2D eigenvalue weighted by atomic mass is 9.91. The van der Waals surface area contributed by atoms with Gasteiger partial charge in [0.2, 0.25) is 11.4 Å². The first kappa shape index (κ1) is 58.0. The second kappa shape index (κ2) is 40.5. The SMILES string of the molecule is CCCCCCCCCCCCCCCCCC#CCCc1ccccc1C1=C(CC)C(CCCCC)=C(c2ccccc2CCC#CCCCCCCCCCCCCCCCCC)[N+]1=[N-]. The van der Waals surface area contributed by atoms with E-state index in [2.05, 4.69) is 99.9 Å². The van der Waals surface area contributed by atoms with Crippen molar-refractivity contribution >= 4 is 11.4 Å². The van der Waals surface area contributed by atoms with Crippen LogP contribution in [0.4, 0.5) is 0 Å². The van der Waals surface area contributed by atoms with E-state index in [0.717, 1.165) is 80.3 Å². The van der Waals surface area contributed by atoms with Gasteiger partial charge in [-0.1, -0.05) is 257 Å². The van der Waals surface area contributed by atoms with Crippen molar-refractivity contribution in [1.82, 2.24) is 0 Å². The van der Waals surface area contributed by atoms with Crippen molar-refractivity contribution in [2.24, 2.45) is 0 Å². The zero-order chi connectivity index (χ0) is 47.7. The van der Waals surface area contributed by atoms with Crippen molar-refractivity contribution in [1.29, 1.82) is 0 Å². The molecule has 0 bridgehead atoms. The Morgan fingerprint density at radius 1 is 0.328 bits per heavy atom. The number of unbranched alkanes of at least 4 members (excludes halogenated alkanes) is 32. The van der Waals surface area contributed by atoms with Crippen LogP contribution in [0.15, 0.2) is 59.7 Å². The van der Waals surface area contributed by atoms with Crippen molar-refractivity contribution in [3.05, 3.63) is 87.5 Å². The number of aryl methyl sites for hydroxylation is 2. The molecule has 0 aromatic heterocycles. The van der Waals surface area contributed by atoms with Crippen LogP contribution >= 0.6 is 0 Å². The highest BCUT2D eigenvalue weighted by molar-refractivity contribution is 5.83. The van der Waals surface area contributed by atoms with Gasteiger partial charge < -0.3 is 5.53 Å². The van der Waals surface area contributed by atoms with E-state index in [1.165, 1.54) is 228 Å². The van der Waals surface area contributed by atoms with Gasteiger partial charge in [-0.3, -0.25) is 0 Å². The Balaban J connectivity index is 1.45. The first-order valence-corrected chi connectivity index (χ1v) is 29.2. The van der Waals surface area contributed by atoms with Crippen LogP contribution in [0.5, 0.6) is 0 Å². The molecule has 0 atom stereocenters.